The van der Waals surface area contributed by atoms with Gasteiger partial charge in [-0.3, -0.25) is 0 Å². The fourth-order valence-electron chi connectivity index (χ4n) is 1.59. The van der Waals surface area contributed by atoms with Crippen molar-refractivity contribution in [3.8, 4) is 17.4 Å². The van der Waals surface area contributed by atoms with Crippen molar-refractivity contribution in [2.75, 3.05) is 19.0 Å². The summed E-state index contributed by atoms with van der Waals surface area (Å²) < 4.78 is 37.4. The fraction of sp³-hybridized carbons (Fsp3) is 0.214. The van der Waals surface area contributed by atoms with Gasteiger partial charge in [-0.2, -0.15) is 4.98 Å². The molecular weight excluding hydrogens is 266 g/mol. The van der Waals surface area contributed by atoms with Crippen LogP contribution in [0.5, 0.6) is 17.4 Å². The molecule has 1 aromatic heterocycles. The first kappa shape index (κ1) is 14.0. The number of aromatic nitrogens is 1. The molecule has 0 fully saturated rings. The van der Waals surface area contributed by atoms with E-state index < -0.39 is 11.6 Å². The largest absolute Gasteiger partial charge is 0.497 e. The molecular formula is C14H14F2N2O2. The molecule has 0 atom stereocenters. The third-order valence-corrected chi connectivity index (χ3v) is 2.50. The first-order valence-corrected chi connectivity index (χ1v) is 6.06. The Morgan fingerprint density at radius 1 is 1.15 bits per heavy atom. The first-order chi connectivity index (χ1) is 9.63. The Morgan fingerprint density at radius 3 is 2.60 bits per heavy atom. The van der Waals surface area contributed by atoms with Gasteiger partial charge in [-0.25, -0.2) is 8.78 Å². The van der Waals surface area contributed by atoms with Gasteiger partial charge in [-0.1, -0.05) is 6.07 Å². The third kappa shape index (κ3) is 3.14. The van der Waals surface area contributed by atoms with Crippen molar-refractivity contribution < 1.29 is 18.3 Å². The van der Waals surface area contributed by atoms with Crippen molar-refractivity contribution >= 4 is 5.82 Å². The molecule has 0 aliphatic heterocycles. The zero-order valence-electron chi connectivity index (χ0n) is 11.1. The third-order valence-electron chi connectivity index (χ3n) is 2.50. The molecule has 20 heavy (non-hydrogen) atoms. The maximum absolute atomic E-state index is 13.7. The van der Waals surface area contributed by atoms with Crippen LogP contribution in [0.1, 0.15) is 6.92 Å². The fourth-order valence-corrected chi connectivity index (χ4v) is 1.59. The highest BCUT2D eigenvalue weighted by Crippen LogP contribution is 2.27. The molecule has 6 heteroatoms. The molecule has 0 aliphatic rings. The monoisotopic (exact) mass is 280 g/mol. The van der Waals surface area contributed by atoms with Gasteiger partial charge < -0.3 is 14.8 Å². The van der Waals surface area contributed by atoms with E-state index in [4.69, 9.17) is 9.47 Å². The van der Waals surface area contributed by atoms with E-state index in [1.165, 1.54) is 7.11 Å². The summed E-state index contributed by atoms with van der Waals surface area (Å²) >= 11 is 0. The van der Waals surface area contributed by atoms with Crippen LogP contribution >= 0.6 is 0 Å². The molecule has 0 aliphatic carbocycles. The zero-order valence-corrected chi connectivity index (χ0v) is 11.1. The quantitative estimate of drug-likeness (QED) is 0.909. The predicted molar refractivity (Wildman–Crippen MR) is 71.4 cm³/mol. The topological polar surface area (TPSA) is 43.4 Å². The van der Waals surface area contributed by atoms with Crippen LogP contribution < -0.4 is 14.8 Å². The molecule has 1 aromatic carbocycles. The predicted octanol–water partition coefficient (Wildman–Crippen LogP) is 3.59. The Hall–Kier alpha value is -2.37. The zero-order chi connectivity index (χ0) is 14.5. The summed E-state index contributed by atoms with van der Waals surface area (Å²) in [6.45, 7) is 2.25. The summed E-state index contributed by atoms with van der Waals surface area (Å²) in [5.41, 5.74) is 0. The minimum atomic E-state index is -0.869. The van der Waals surface area contributed by atoms with Crippen LogP contribution in [0.2, 0.25) is 0 Å². The van der Waals surface area contributed by atoms with Crippen molar-refractivity contribution in [3.05, 3.63) is 42.0 Å². The summed E-state index contributed by atoms with van der Waals surface area (Å²) in [5, 5.41) is 2.69. The maximum Gasteiger partial charge on any atom is 0.258 e. The minimum Gasteiger partial charge on any atom is -0.497 e. The Morgan fingerprint density at radius 2 is 1.90 bits per heavy atom. The van der Waals surface area contributed by atoms with Gasteiger partial charge in [0, 0.05) is 18.7 Å². The van der Waals surface area contributed by atoms with E-state index in [1.54, 1.807) is 31.2 Å². The number of rotatable bonds is 5. The van der Waals surface area contributed by atoms with Gasteiger partial charge in [-0.15, -0.1) is 0 Å². The summed E-state index contributed by atoms with van der Waals surface area (Å²) in [6, 6.07) is 7.37. The highest BCUT2D eigenvalue weighted by Gasteiger charge is 2.13. The highest BCUT2D eigenvalue weighted by atomic mass is 19.1. The van der Waals surface area contributed by atoms with Crippen LogP contribution in [0.4, 0.5) is 14.6 Å². The summed E-state index contributed by atoms with van der Waals surface area (Å²) in [6.07, 6.45) is 0. The smallest absolute Gasteiger partial charge is 0.258 e. The molecule has 0 unspecified atom stereocenters. The number of nitrogens with zero attached hydrogens (tertiary/aromatic N) is 1. The van der Waals surface area contributed by atoms with E-state index >= 15 is 0 Å². The normalized spacial score (nSPS) is 10.2. The van der Waals surface area contributed by atoms with Crippen LogP contribution in [0.15, 0.2) is 30.3 Å². The Balaban J connectivity index is 2.30. The van der Waals surface area contributed by atoms with E-state index in [0.29, 0.717) is 18.0 Å². The number of anilines is 1. The highest BCUT2D eigenvalue weighted by molar-refractivity contribution is 5.41. The maximum atomic E-state index is 13.7. The van der Waals surface area contributed by atoms with Gasteiger partial charge in [0.1, 0.15) is 11.5 Å². The number of pyridine rings is 1. The van der Waals surface area contributed by atoms with E-state index in [2.05, 4.69) is 10.3 Å². The minimum absolute atomic E-state index is 0.0493. The second-order valence-corrected chi connectivity index (χ2v) is 3.92. The van der Waals surface area contributed by atoms with Crippen LogP contribution in [0.25, 0.3) is 0 Å². The molecule has 106 valence electrons. The number of benzene rings is 1. The average molecular weight is 280 g/mol. The molecule has 4 nitrogen and oxygen atoms in total. The van der Waals surface area contributed by atoms with Gasteiger partial charge in [0.15, 0.2) is 17.5 Å². The number of hydrogen-bond donors (Lipinski definition) is 1. The van der Waals surface area contributed by atoms with Gasteiger partial charge >= 0.3 is 0 Å². The summed E-state index contributed by atoms with van der Waals surface area (Å²) in [7, 11) is 1.51. The van der Waals surface area contributed by atoms with Crippen molar-refractivity contribution in [2.24, 2.45) is 0 Å². The van der Waals surface area contributed by atoms with E-state index in [9.17, 15) is 8.78 Å². The lowest BCUT2D eigenvalue weighted by Crippen LogP contribution is -2.04. The van der Waals surface area contributed by atoms with E-state index in [-0.39, 0.29) is 11.7 Å². The first-order valence-electron chi connectivity index (χ1n) is 6.06. The van der Waals surface area contributed by atoms with Gasteiger partial charge in [0.25, 0.3) is 5.88 Å². The number of hydrogen-bond acceptors (Lipinski definition) is 4. The second kappa shape index (κ2) is 6.18. The van der Waals surface area contributed by atoms with Gasteiger partial charge in [-0.05, 0) is 19.1 Å². The Labute approximate surface area is 115 Å². The van der Waals surface area contributed by atoms with E-state index in [1.807, 2.05) is 0 Å². The summed E-state index contributed by atoms with van der Waals surface area (Å²) in [5.74, 6) is -1.06. The second-order valence-electron chi connectivity index (χ2n) is 3.92. The van der Waals surface area contributed by atoms with Crippen LogP contribution in [0, 0.1) is 11.6 Å². The van der Waals surface area contributed by atoms with Gasteiger partial charge in [0.2, 0.25) is 0 Å². The summed E-state index contributed by atoms with van der Waals surface area (Å²) in [4.78, 5) is 3.79. The molecule has 0 saturated heterocycles. The molecule has 2 aromatic rings. The molecule has 0 saturated carbocycles. The standard InChI is InChI=1S/C14H14F2N2O2/c1-3-17-13-11(15)8-12(16)14(18-13)20-10-6-4-5-9(7-10)19-2/h4-8H,3H2,1-2H3,(H,17,18). The SMILES string of the molecule is CCNc1nc(Oc2cccc(OC)c2)c(F)cc1F. The average Bonchev–Trinajstić information content (AvgIpc) is 2.44. The lowest BCUT2D eigenvalue weighted by Gasteiger charge is -2.10. The van der Waals surface area contributed by atoms with Crippen molar-refractivity contribution in [3.63, 3.8) is 0 Å². The van der Waals surface area contributed by atoms with Crippen molar-refractivity contribution in [1.29, 1.82) is 0 Å². The lowest BCUT2D eigenvalue weighted by atomic mass is 10.3. The molecule has 2 rings (SSSR count). The molecule has 0 spiro atoms. The van der Waals surface area contributed by atoms with Crippen molar-refractivity contribution in [1.82, 2.24) is 4.98 Å². The molecule has 0 bridgehead atoms. The lowest BCUT2D eigenvalue weighted by molar-refractivity contribution is 0.398. The Kier molecular flexibility index (Phi) is 4.34. The van der Waals surface area contributed by atoms with Crippen LogP contribution in [-0.4, -0.2) is 18.6 Å². The number of methoxy groups -OCH3 is 1. The molecule has 1 heterocycles. The van der Waals surface area contributed by atoms with Crippen molar-refractivity contribution in [2.45, 2.75) is 6.92 Å². The van der Waals surface area contributed by atoms with Crippen LogP contribution in [0.3, 0.4) is 0 Å². The number of ether oxygens (including phenoxy) is 2. The number of halogens is 2. The molecule has 1 N–H and O–H groups in total. The van der Waals surface area contributed by atoms with Crippen LogP contribution in [-0.2, 0) is 0 Å². The number of nitrogens with one attached hydrogen (secondary N) is 1. The van der Waals surface area contributed by atoms with Gasteiger partial charge in [0.05, 0.1) is 7.11 Å². The molecule has 0 amide bonds. The Bertz CT molecular complexity index is 606. The molecule has 0 radical (unpaired) electrons. The van der Waals surface area contributed by atoms with E-state index in [0.717, 1.165) is 6.07 Å².